The third-order valence-corrected chi connectivity index (χ3v) is 7.93. The number of nitrogens with zero attached hydrogens (tertiary/aromatic N) is 2. The summed E-state index contributed by atoms with van der Waals surface area (Å²) in [6.45, 7) is 6.34. The molecular formula is C33H57N3O3. The molecule has 6 heteroatoms. The molecule has 0 aromatic heterocycles. The van der Waals surface area contributed by atoms with E-state index >= 15 is 0 Å². The van der Waals surface area contributed by atoms with Gasteiger partial charge in [0.25, 0.3) is 0 Å². The Kier molecular flexibility index (Phi) is 18.4. The van der Waals surface area contributed by atoms with Gasteiger partial charge in [0.2, 0.25) is 5.91 Å². The fourth-order valence-electron chi connectivity index (χ4n) is 5.23. The highest BCUT2D eigenvalue weighted by Gasteiger charge is 2.20. The Morgan fingerprint density at radius 1 is 0.718 bits per heavy atom. The highest BCUT2D eigenvalue weighted by molar-refractivity contribution is 5.79. The maximum Gasteiger partial charge on any atom is 0.410 e. The molecule has 1 heterocycles. The number of hydrogen-bond acceptors (Lipinski definition) is 4. The van der Waals surface area contributed by atoms with Gasteiger partial charge in [-0.05, 0) is 24.6 Å². The molecule has 0 bridgehead atoms. The zero-order valence-corrected chi connectivity index (χ0v) is 25.2. The molecule has 1 aromatic carbocycles. The zero-order chi connectivity index (χ0) is 28.0. The van der Waals surface area contributed by atoms with E-state index in [1.165, 1.54) is 96.3 Å². The largest absolute Gasteiger partial charge is 0.445 e. The van der Waals surface area contributed by atoms with Crippen molar-refractivity contribution in [3.63, 3.8) is 0 Å². The van der Waals surface area contributed by atoms with E-state index in [1.807, 2.05) is 24.3 Å². The second-order valence-electron chi connectivity index (χ2n) is 11.4. The molecule has 1 N–H and O–H groups in total. The number of carbonyl (C=O) groups is 2. The molecule has 2 rings (SSSR count). The van der Waals surface area contributed by atoms with Gasteiger partial charge in [-0.15, -0.1) is 0 Å². The molecule has 0 atom stereocenters. The van der Waals surface area contributed by atoms with E-state index in [4.69, 9.17) is 4.74 Å². The number of ether oxygens (including phenoxy) is 1. The molecule has 6 nitrogen and oxygen atoms in total. The van der Waals surface area contributed by atoms with Crippen LogP contribution in [0.2, 0.25) is 0 Å². The molecule has 1 fully saturated rings. The summed E-state index contributed by atoms with van der Waals surface area (Å²) in [6.07, 6.45) is 21.7. The van der Waals surface area contributed by atoms with Crippen LogP contribution in [0.3, 0.4) is 0 Å². The molecule has 0 saturated carbocycles. The number of rotatable bonds is 21. The van der Waals surface area contributed by atoms with E-state index in [2.05, 4.69) is 24.2 Å². The van der Waals surface area contributed by atoms with Crippen molar-refractivity contribution in [3.05, 3.63) is 35.4 Å². The lowest BCUT2D eigenvalue weighted by molar-refractivity contribution is -0.120. The summed E-state index contributed by atoms with van der Waals surface area (Å²) in [5.74, 6) is 0.0359. The van der Waals surface area contributed by atoms with E-state index in [0.717, 1.165) is 37.2 Å². The van der Waals surface area contributed by atoms with Crippen molar-refractivity contribution in [3.8, 4) is 0 Å². The third kappa shape index (κ3) is 15.9. The molecule has 0 unspecified atom stereocenters. The minimum atomic E-state index is -0.272. The zero-order valence-electron chi connectivity index (χ0n) is 25.2. The van der Waals surface area contributed by atoms with Crippen LogP contribution in [0.15, 0.2) is 24.3 Å². The molecule has 0 radical (unpaired) electrons. The molecule has 1 aliphatic rings. The van der Waals surface area contributed by atoms with Crippen LogP contribution in [0.4, 0.5) is 4.79 Å². The number of benzene rings is 1. The number of nitrogens with one attached hydrogen (secondary N) is 1. The van der Waals surface area contributed by atoms with E-state index < -0.39 is 0 Å². The van der Waals surface area contributed by atoms with Gasteiger partial charge in [0.15, 0.2) is 0 Å². The number of carbonyl (C=O) groups excluding carboxylic acids is 2. The first-order valence-electron chi connectivity index (χ1n) is 16.0. The number of piperazine rings is 1. The fraction of sp³-hybridized carbons (Fsp3) is 0.758. The molecule has 39 heavy (non-hydrogen) atoms. The Morgan fingerprint density at radius 2 is 1.21 bits per heavy atom. The number of unbranched alkanes of at least 4 members (excludes halogenated alkanes) is 15. The molecule has 1 aliphatic heterocycles. The van der Waals surface area contributed by atoms with Crippen molar-refractivity contribution in [1.29, 1.82) is 0 Å². The van der Waals surface area contributed by atoms with Gasteiger partial charge in [-0.2, -0.15) is 0 Å². The van der Waals surface area contributed by atoms with Crippen LogP contribution in [-0.2, 0) is 22.6 Å². The molecule has 2 amide bonds. The molecule has 0 aliphatic carbocycles. The SMILES string of the molecule is CCCCCCCCCCCCCCCCCCNC(=O)Cc1ccccc1COC(=O)N1CCN(C)CC1. The van der Waals surface area contributed by atoms with Gasteiger partial charge in [-0.1, -0.05) is 128 Å². The molecular weight excluding hydrogens is 486 g/mol. The Balaban J connectivity index is 1.45. The van der Waals surface area contributed by atoms with Gasteiger partial charge >= 0.3 is 6.09 Å². The van der Waals surface area contributed by atoms with Gasteiger partial charge in [0, 0.05) is 32.7 Å². The average molecular weight is 544 g/mol. The van der Waals surface area contributed by atoms with Gasteiger partial charge in [-0.25, -0.2) is 4.79 Å². The van der Waals surface area contributed by atoms with E-state index in [1.54, 1.807) is 4.90 Å². The lowest BCUT2D eigenvalue weighted by Gasteiger charge is -2.31. The highest BCUT2D eigenvalue weighted by Crippen LogP contribution is 2.15. The maximum absolute atomic E-state index is 12.5. The number of likely N-dealkylation sites (N-methyl/N-ethyl adjacent to an activating group) is 1. The lowest BCUT2D eigenvalue weighted by Crippen LogP contribution is -2.47. The Labute approximate surface area is 239 Å². The third-order valence-electron chi connectivity index (χ3n) is 7.93. The standard InChI is InChI=1S/C33H57N3O3/c1-3-4-5-6-7-8-9-10-11-12-13-14-15-16-17-20-23-34-32(37)28-30-21-18-19-22-31(30)29-39-33(38)36-26-24-35(2)25-27-36/h18-19,21-22H,3-17,20,23-29H2,1-2H3,(H,34,37). The van der Waals surface area contributed by atoms with Crippen molar-refractivity contribution >= 4 is 12.0 Å². The first-order valence-corrected chi connectivity index (χ1v) is 16.0. The van der Waals surface area contributed by atoms with Crippen molar-refractivity contribution in [1.82, 2.24) is 15.1 Å². The van der Waals surface area contributed by atoms with Gasteiger partial charge in [0.05, 0.1) is 6.42 Å². The van der Waals surface area contributed by atoms with Crippen LogP contribution in [0.1, 0.15) is 121 Å². The fourth-order valence-corrected chi connectivity index (χ4v) is 5.23. The van der Waals surface area contributed by atoms with Crippen molar-refractivity contribution in [2.75, 3.05) is 39.8 Å². The highest BCUT2D eigenvalue weighted by atomic mass is 16.6. The van der Waals surface area contributed by atoms with Crippen molar-refractivity contribution in [2.24, 2.45) is 0 Å². The molecule has 0 spiro atoms. The summed E-state index contributed by atoms with van der Waals surface area (Å²) in [5, 5.41) is 3.07. The summed E-state index contributed by atoms with van der Waals surface area (Å²) in [5.41, 5.74) is 1.82. The van der Waals surface area contributed by atoms with Crippen LogP contribution in [0.5, 0.6) is 0 Å². The Morgan fingerprint density at radius 3 is 1.74 bits per heavy atom. The van der Waals surface area contributed by atoms with E-state index in [0.29, 0.717) is 19.5 Å². The summed E-state index contributed by atoms with van der Waals surface area (Å²) >= 11 is 0. The van der Waals surface area contributed by atoms with Crippen LogP contribution in [-0.4, -0.2) is 61.6 Å². The quantitative estimate of drug-likeness (QED) is 0.163. The molecule has 222 valence electrons. The molecule has 1 saturated heterocycles. The van der Waals surface area contributed by atoms with Gasteiger partial charge in [0.1, 0.15) is 6.61 Å². The number of hydrogen-bond donors (Lipinski definition) is 1. The van der Waals surface area contributed by atoms with Crippen LogP contribution >= 0.6 is 0 Å². The van der Waals surface area contributed by atoms with Crippen LogP contribution in [0, 0.1) is 0 Å². The smallest absolute Gasteiger partial charge is 0.410 e. The van der Waals surface area contributed by atoms with Crippen molar-refractivity contribution in [2.45, 2.75) is 123 Å². The normalized spacial score (nSPS) is 13.9. The predicted molar refractivity (Wildman–Crippen MR) is 162 cm³/mol. The second kappa shape index (κ2) is 21.7. The first kappa shape index (κ1) is 33.1. The second-order valence-corrected chi connectivity index (χ2v) is 11.4. The average Bonchev–Trinajstić information content (AvgIpc) is 2.94. The first-order chi connectivity index (χ1) is 19.1. The molecule has 1 aromatic rings. The maximum atomic E-state index is 12.5. The lowest BCUT2D eigenvalue weighted by atomic mass is 10.0. The van der Waals surface area contributed by atoms with Gasteiger partial charge in [-0.3, -0.25) is 4.79 Å². The van der Waals surface area contributed by atoms with Gasteiger partial charge < -0.3 is 19.9 Å². The summed E-state index contributed by atoms with van der Waals surface area (Å²) in [7, 11) is 2.06. The minimum absolute atomic E-state index is 0.0359. The van der Waals surface area contributed by atoms with Crippen LogP contribution in [0.25, 0.3) is 0 Å². The van der Waals surface area contributed by atoms with E-state index in [9.17, 15) is 9.59 Å². The summed E-state index contributed by atoms with van der Waals surface area (Å²) in [6, 6.07) is 7.75. The minimum Gasteiger partial charge on any atom is -0.445 e. The van der Waals surface area contributed by atoms with Crippen LogP contribution < -0.4 is 5.32 Å². The summed E-state index contributed by atoms with van der Waals surface area (Å²) < 4.78 is 5.56. The van der Waals surface area contributed by atoms with Crippen molar-refractivity contribution < 1.29 is 14.3 Å². The summed E-state index contributed by atoms with van der Waals surface area (Å²) in [4.78, 5) is 28.9. The van der Waals surface area contributed by atoms with E-state index in [-0.39, 0.29) is 18.6 Å². The predicted octanol–water partition coefficient (Wildman–Crippen LogP) is 7.49. The Bertz CT molecular complexity index is 777. The Hall–Kier alpha value is -2.08. The monoisotopic (exact) mass is 543 g/mol. The topological polar surface area (TPSA) is 61.9 Å². The number of amides is 2.